The number of phenolic OH excluding ortho intramolecular Hbond substituents is 1. The summed E-state index contributed by atoms with van der Waals surface area (Å²) in [7, 11) is 0. The number of carbonyl (C=O) groups excluding carboxylic acids is 1. The number of nitrogens with one attached hydrogen (secondary N) is 1. The number of aliphatic imine (C=N–C) groups is 1. The van der Waals surface area contributed by atoms with Crippen molar-refractivity contribution in [2.24, 2.45) is 10.9 Å². The zero-order chi connectivity index (χ0) is 13.8. The van der Waals surface area contributed by atoms with Gasteiger partial charge in [0.15, 0.2) is 0 Å². The molecule has 1 aliphatic heterocycles. The smallest absolute Gasteiger partial charge is 0.249 e. The number of aromatic hydroxyl groups is 1. The van der Waals surface area contributed by atoms with E-state index in [0.717, 1.165) is 5.56 Å². The van der Waals surface area contributed by atoms with Crippen LogP contribution in [0.1, 0.15) is 31.9 Å². The van der Waals surface area contributed by atoms with E-state index in [9.17, 15) is 9.90 Å². The molecule has 1 aromatic rings. The largest absolute Gasteiger partial charge is 0.508 e. The molecule has 1 aliphatic rings. The average Bonchev–Trinajstić information content (AvgIpc) is 2.90. The lowest BCUT2D eigenvalue weighted by molar-refractivity contribution is -0.118. The van der Waals surface area contributed by atoms with E-state index in [1.54, 1.807) is 24.5 Å². The molecule has 100 valence electrons. The third-order valence-electron chi connectivity index (χ3n) is 3.14. The molecule has 0 saturated carbocycles. The summed E-state index contributed by atoms with van der Waals surface area (Å²) in [6.07, 6.45) is 3.91. The molecule has 1 aromatic carbocycles. The molecule has 2 N–H and O–H groups in total. The highest BCUT2D eigenvalue weighted by Gasteiger charge is 2.20. The quantitative estimate of drug-likeness (QED) is 0.871. The zero-order valence-corrected chi connectivity index (χ0v) is 11.1. The van der Waals surface area contributed by atoms with Crippen LogP contribution >= 0.6 is 0 Å². The van der Waals surface area contributed by atoms with Crippen LogP contribution in [-0.4, -0.2) is 17.2 Å². The second-order valence-electron chi connectivity index (χ2n) is 4.98. The molecule has 1 amide bonds. The van der Waals surface area contributed by atoms with Crippen molar-refractivity contribution in [1.82, 2.24) is 5.32 Å². The molecule has 0 bridgehead atoms. The SMILES string of the molecule is CC(C)C(NC(=O)C1=CN=CC1)c1ccc(O)cc1. The van der Waals surface area contributed by atoms with Crippen LogP contribution in [-0.2, 0) is 4.79 Å². The highest BCUT2D eigenvalue weighted by molar-refractivity contribution is 5.98. The molecule has 2 rings (SSSR count). The van der Waals surface area contributed by atoms with Gasteiger partial charge in [0.25, 0.3) is 0 Å². The maximum atomic E-state index is 12.1. The standard InChI is InChI=1S/C15H18N2O2/c1-10(2)14(11-3-5-13(18)6-4-11)17-15(19)12-7-8-16-9-12/h3-6,8-10,14,18H,7H2,1-2H3,(H,17,19). The fraction of sp³-hybridized carbons (Fsp3) is 0.333. The van der Waals surface area contributed by atoms with Gasteiger partial charge in [0, 0.05) is 24.4 Å². The molecule has 0 aliphatic carbocycles. The van der Waals surface area contributed by atoms with Crippen LogP contribution in [0.15, 0.2) is 41.0 Å². The number of hydrogen-bond acceptors (Lipinski definition) is 3. The van der Waals surface area contributed by atoms with Crippen LogP contribution < -0.4 is 5.32 Å². The summed E-state index contributed by atoms with van der Waals surface area (Å²) in [5.74, 6) is 0.408. The number of benzene rings is 1. The van der Waals surface area contributed by atoms with Crippen molar-refractivity contribution in [2.45, 2.75) is 26.3 Å². The van der Waals surface area contributed by atoms with Crippen molar-refractivity contribution < 1.29 is 9.90 Å². The molecule has 0 aromatic heterocycles. The third kappa shape index (κ3) is 3.22. The van der Waals surface area contributed by atoms with Crippen molar-refractivity contribution in [2.75, 3.05) is 0 Å². The first-order valence-electron chi connectivity index (χ1n) is 6.38. The van der Waals surface area contributed by atoms with Crippen LogP contribution in [0.2, 0.25) is 0 Å². The second kappa shape index (κ2) is 5.69. The van der Waals surface area contributed by atoms with Gasteiger partial charge in [-0.2, -0.15) is 0 Å². The maximum absolute atomic E-state index is 12.1. The van der Waals surface area contributed by atoms with Gasteiger partial charge < -0.3 is 10.4 Å². The predicted molar refractivity (Wildman–Crippen MR) is 75.0 cm³/mol. The van der Waals surface area contributed by atoms with Crippen LogP contribution in [0, 0.1) is 5.92 Å². The van der Waals surface area contributed by atoms with E-state index in [-0.39, 0.29) is 23.6 Å². The average molecular weight is 258 g/mol. The Balaban J connectivity index is 2.12. The molecule has 1 atom stereocenters. The summed E-state index contributed by atoms with van der Waals surface area (Å²) in [5.41, 5.74) is 1.67. The van der Waals surface area contributed by atoms with E-state index in [1.165, 1.54) is 0 Å². The van der Waals surface area contributed by atoms with Crippen molar-refractivity contribution in [3.05, 3.63) is 41.6 Å². The number of rotatable bonds is 4. The molecule has 0 radical (unpaired) electrons. The van der Waals surface area contributed by atoms with Gasteiger partial charge in [-0.05, 0) is 23.6 Å². The molecule has 0 spiro atoms. The lowest BCUT2D eigenvalue weighted by Crippen LogP contribution is -2.32. The first kappa shape index (κ1) is 13.3. The number of hydrogen-bond donors (Lipinski definition) is 2. The van der Waals surface area contributed by atoms with E-state index < -0.39 is 0 Å². The van der Waals surface area contributed by atoms with E-state index >= 15 is 0 Å². The van der Waals surface area contributed by atoms with Crippen molar-refractivity contribution in [3.8, 4) is 5.75 Å². The third-order valence-corrected chi connectivity index (χ3v) is 3.14. The van der Waals surface area contributed by atoms with Crippen LogP contribution in [0.3, 0.4) is 0 Å². The predicted octanol–water partition coefficient (Wildman–Crippen LogP) is 2.56. The molecule has 1 unspecified atom stereocenters. The monoisotopic (exact) mass is 258 g/mol. The Morgan fingerprint density at radius 2 is 2.00 bits per heavy atom. The number of amides is 1. The van der Waals surface area contributed by atoms with Crippen LogP contribution in [0.5, 0.6) is 5.75 Å². The van der Waals surface area contributed by atoms with E-state index in [4.69, 9.17) is 0 Å². The summed E-state index contributed by atoms with van der Waals surface area (Å²) in [4.78, 5) is 16.0. The zero-order valence-electron chi connectivity index (χ0n) is 11.1. The number of carbonyl (C=O) groups is 1. The molecule has 4 heteroatoms. The summed E-state index contributed by atoms with van der Waals surface area (Å²) >= 11 is 0. The Morgan fingerprint density at radius 3 is 2.53 bits per heavy atom. The van der Waals surface area contributed by atoms with E-state index in [0.29, 0.717) is 12.0 Å². The second-order valence-corrected chi connectivity index (χ2v) is 4.98. The summed E-state index contributed by atoms with van der Waals surface area (Å²) in [6, 6.07) is 6.86. The summed E-state index contributed by atoms with van der Waals surface area (Å²) in [5, 5.41) is 12.3. The molecular formula is C15H18N2O2. The fourth-order valence-corrected chi connectivity index (χ4v) is 2.05. The van der Waals surface area contributed by atoms with Crippen molar-refractivity contribution >= 4 is 12.1 Å². The molecule has 0 fully saturated rings. The Bertz CT molecular complexity index is 515. The summed E-state index contributed by atoms with van der Waals surface area (Å²) < 4.78 is 0. The first-order valence-corrected chi connectivity index (χ1v) is 6.38. The van der Waals surface area contributed by atoms with Gasteiger partial charge in [-0.25, -0.2) is 0 Å². The van der Waals surface area contributed by atoms with E-state index in [1.807, 2.05) is 12.1 Å². The normalized spacial score (nSPS) is 15.4. The van der Waals surface area contributed by atoms with Gasteiger partial charge >= 0.3 is 0 Å². The van der Waals surface area contributed by atoms with Gasteiger partial charge in [-0.3, -0.25) is 9.79 Å². The van der Waals surface area contributed by atoms with Crippen LogP contribution in [0.4, 0.5) is 0 Å². The highest BCUT2D eigenvalue weighted by atomic mass is 16.3. The first-order chi connectivity index (χ1) is 9.08. The lowest BCUT2D eigenvalue weighted by atomic mass is 9.95. The Morgan fingerprint density at radius 1 is 1.32 bits per heavy atom. The van der Waals surface area contributed by atoms with Gasteiger partial charge in [-0.1, -0.05) is 26.0 Å². The van der Waals surface area contributed by atoms with Gasteiger partial charge in [0.2, 0.25) is 5.91 Å². The van der Waals surface area contributed by atoms with Crippen molar-refractivity contribution in [3.63, 3.8) is 0 Å². The molecule has 19 heavy (non-hydrogen) atoms. The molecular weight excluding hydrogens is 240 g/mol. The Hall–Kier alpha value is -2.10. The fourth-order valence-electron chi connectivity index (χ4n) is 2.05. The topological polar surface area (TPSA) is 61.7 Å². The minimum atomic E-state index is -0.0794. The maximum Gasteiger partial charge on any atom is 0.249 e. The van der Waals surface area contributed by atoms with Gasteiger partial charge in [-0.15, -0.1) is 0 Å². The van der Waals surface area contributed by atoms with Crippen molar-refractivity contribution in [1.29, 1.82) is 0 Å². The van der Waals surface area contributed by atoms with Gasteiger partial charge in [0.1, 0.15) is 5.75 Å². The Labute approximate surface area is 112 Å². The Kier molecular flexibility index (Phi) is 4.00. The molecule has 1 heterocycles. The molecule has 0 saturated heterocycles. The van der Waals surface area contributed by atoms with Gasteiger partial charge in [0.05, 0.1) is 6.04 Å². The molecule has 4 nitrogen and oxygen atoms in total. The van der Waals surface area contributed by atoms with E-state index in [2.05, 4.69) is 24.2 Å². The minimum Gasteiger partial charge on any atom is -0.508 e. The minimum absolute atomic E-state index is 0.0744. The summed E-state index contributed by atoms with van der Waals surface area (Å²) in [6.45, 7) is 4.11. The number of nitrogens with zero attached hydrogens (tertiary/aromatic N) is 1. The van der Waals surface area contributed by atoms with Crippen LogP contribution in [0.25, 0.3) is 0 Å². The number of phenols is 1. The lowest BCUT2D eigenvalue weighted by Gasteiger charge is -2.23. The highest BCUT2D eigenvalue weighted by Crippen LogP contribution is 2.24.